The van der Waals surface area contributed by atoms with E-state index in [4.69, 9.17) is 4.74 Å². The molecule has 0 spiro atoms. The van der Waals surface area contributed by atoms with Crippen LogP contribution in [0.4, 0.5) is 5.82 Å². The van der Waals surface area contributed by atoms with E-state index in [0.717, 1.165) is 37.1 Å². The maximum atomic E-state index is 12.0. The normalized spacial score (nSPS) is 13.4. The second kappa shape index (κ2) is 7.13. The molecule has 1 saturated carbocycles. The summed E-state index contributed by atoms with van der Waals surface area (Å²) < 4.78 is 5.35. The predicted octanol–water partition coefficient (Wildman–Crippen LogP) is 2.64. The number of carbonyl (C=O) groups excluding carboxylic acids is 1. The summed E-state index contributed by atoms with van der Waals surface area (Å²) in [4.78, 5) is 16.3. The number of nitrogens with zero attached hydrogens (tertiary/aromatic N) is 1. The Hall–Kier alpha value is -2.56. The highest BCUT2D eigenvalue weighted by Crippen LogP contribution is 2.20. The molecule has 120 valence electrons. The first-order valence-electron chi connectivity index (χ1n) is 7.89. The van der Waals surface area contributed by atoms with E-state index in [1.54, 1.807) is 25.4 Å². The van der Waals surface area contributed by atoms with E-state index in [1.165, 1.54) is 0 Å². The summed E-state index contributed by atoms with van der Waals surface area (Å²) in [7, 11) is 1.68. The van der Waals surface area contributed by atoms with E-state index in [0.29, 0.717) is 17.4 Å². The molecule has 1 aliphatic carbocycles. The fourth-order valence-corrected chi connectivity index (χ4v) is 2.40. The number of benzene rings is 1. The lowest BCUT2D eigenvalue weighted by atomic mass is 10.1. The number of hydrogen-bond donors (Lipinski definition) is 2. The van der Waals surface area contributed by atoms with Crippen molar-refractivity contribution in [2.45, 2.75) is 25.3 Å². The summed E-state index contributed by atoms with van der Waals surface area (Å²) in [5.41, 5.74) is 1.79. The van der Waals surface area contributed by atoms with Gasteiger partial charge in [-0.2, -0.15) is 0 Å². The van der Waals surface area contributed by atoms with Crippen molar-refractivity contribution >= 4 is 11.7 Å². The number of hydrogen-bond acceptors (Lipinski definition) is 4. The first-order chi connectivity index (χ1) is 11.3. The maximum Gasteiger partial charge on any atom is 0.251 e. The summed E-state index contributed by atoms with van der Waals surface area (Å²) in [6.07, 6.45) is 4.65. The zero-order valence-electron chi connectivity index (χ0n) is 13.2. The molecule has 1 fully saturated rings. The van der Waals surface area contributed by atoms with Gasteiger partial charge in [0.25, 0.3) is 5.91 Å². The molecule has 0 atom stereocenters. The van der Waals surface area contributed by atoms with Gasteiger partial charge in [0.15, 0.2) is 0 Å². The molecule has 5 nitrogen and oxygen atoms in total. The van der Waals surface area contributed by atoms with Crippen molar-refractivity contribution < 1.29 is 9.53 Å². The average molecular weight is 311 g/mol. The molecular weight excluding hydrogens is 290 g/mol. The van der Waals surface area contributed by atoms with Crippen molar-refractivity contribution in [1.29, 1.82) is 0 Å². The third kappa shape index (κ3) is 4.22. The molecule has 2 N–H and O–H groups in total. The highest BCUT2D eigenvalue weighted by Gasteiger charge is 2.23. The Morgan fingerprint density at radius 1 is 1.30 bits per heavy atom. The van der Waals surface area contributed by atoms with Gasteiger partial charge in [0.2, 0.25) is 0 Å². The van der Waals surface area contributed by atoms with E-state index in [9.17, 15) is 4.79 Å². The van der Waals surface area contributed by atoms with Crippen molar-refractivity contribution in [2.24, 2.45) is 0 Å². The first kappa shape index (κ1) is 15.3. The van der Waals surface area contributed by atoms with Gasteiger partial charge >= 0.3 is 0 Å². The van der Waals surface area contributed by atoms with Gasteiger partial charge in [0.05, 0.1) is 7.11 Å². The van der Waals surface area contributed by atoms with Gasteiger partial charge in [-0.25, -0.2) is 4.98 Å². The minimum Gasteiger partial charge on any atom is -0.496 e. The SMILES string of the molecule is COc1ccccc1CCNc1cc(C(=O)NC2CC2)ccn1. The van der Waals surface area contributed by atoms with Crippen LogP contribution in [-0.2, 0) is 6.42 Å². The van der Waals surface area contributed by atoms with E-state index >= 15 is 0 Å². The Labute approximate surface area is 136 Å². The molecule has 1 aromatic carbocycles. The molecule has 1 aromatic heterocycles. The standard InChI is InChI=1S/C18H21N3O2/c1-23-16-5-3-2-4-13(16)8-10-19-17-12-14(9-11-20-17)18(22)21-15-6-7-15/h2-5,9,11-12,15H,6-8,10H2,1H3,(H,19,20)(H,21,22). The summed E-state index contributed by atoms with van der Waals surface area (Å²) >= 11 is 0. The van der Waals surface area contributed by atoms with Crippen LogP contribution in [0, 0.1) is 0 Å². The second-order valence-corrected chi connectivity index (χ2v) is 5.67. The van der Waals surface area contributed by atoms with Crippen molar-refractivity contribution in [2.75, 3.05) is 19.0 Å². The second-order valence-electron chi connectivity index (χ2n) is 5.67. The average Bonchev–Trinajstić information content (AvgIpc) is 3.39. The molecule has 0 saturated heterocycles. The van der Waals surface area contributed by atoms with Crippen molar-refractivity contribution in [3.05, 3.63) is 53.7 Å². The Kier molecular flexibility index (Phi) is 4.76. The van der Waals surface area contributed by atoms with Crippen LogP contribution in [0.2, 0.25) is 0 Å². The molecule has 0 bridgehead atoms. The lowest BCUT2D eigenvalue weighted by Gasteiger charge is -2.10. The molecule has 0 unspecified atom stereocenters. The number of para-hydroxylation sites is 1. The lowest BCUT2D eigenvalue weighted by molar-refractivity contribution is 0.0951. The van der Waals surface area contributed by atoms with E-state index < -0.39 is 0 Å². The number of ether oxygens (including phenoxy) is 1. The first-order valence-corrected chi connectivity index (χ1v) is 7.89. The van der Waals surface area contributed by atoms with Crippen molar-refractivity contribution in [1.82, 2.24) is 10.3 Å². The molecule has 0 aliphatic heterocycles. The van der Waals surface area contributed by atoms with E-state index in [2.05, 4.69) is 15.6 Å². The van der Waals surface area contributed by atoms with Crippen LogP contribution < -0.4 is 15.4 Å². The van der Waals surface area contributed by atoms with Gasteiger partial charge in [0.1, 0.15) is 11.6 Å². The zero-order chi connectivity index (χ0) is 16.1. The summed E-state index contributed by atoms with van der Waals surface area (Å²) in [5, 5.41) is 6.25. The minimum atomic E-state index is -0.0253. The fourth-order valence-electron chi connectivity index (χ4n) is 2.40. The quantitative estimate of drug-likeness (QED) is 0.825. The predicted molar refractivity (Wildman–Crippen MR) is 89.9 cm³/mol. The zero-order valence-corrected chi connectivity index (χ0v) is 13.2. The molecule has 1 heterocycles. The summed E-state index contributed by atoms with van der Waals surface area (Å²) in [6.45, 7) is 0.723. The van der Waals surface area contributed by atoms with Crippen LogP contribution >= 0.6 is 0 Å². The third-order valence-electron chi connectivity index (χ3n) is 3.83. The van der Waals surface area contributed by atoms with Crippen LogP contribution in [0.25, 0.3) is 0 Å². The highest BCUT2D eigenvalue weighted by atomic mass is 16.5. The van der Waals surface area contributed by atoms with Crippen LogP contribution in [0.15, 0.2) is 42.6 Å². The molecule has 1 amide bonds. The Balaban J connectivity index is 1.56. The molecule has 1 aliphatic rings. The van der Waals surface area contributed by atoms with Crippen LogP contribution in [0.5, 0.6) is 5.75 Å². The number of pyridine rings is 1. The number of amides is 1. The number of aromatic nitrogens is 1. The summed E-state index contributed by atoms with van der Waals surface area (Å²) in [5.74, 6) is 1.57. The highest BCUT2D eigenvalue weighted by molar-refractivity contribution is 5.95. The third-order valence-corrected chi connectivity index (χ3v) is 3.83. The van der Waals surface area contributed by atoms with Gasteiger partial charge < -0.3 is 15.4 Å². The number of anilines is 1. The molecule has 23 heavy (non-hydrogen) atoms. The van der Waals surface area contributed by atoms with Crippen LogP contribution in [-0.4, -0.2) is 30.6 Å². The van der Waals surface area contributed by atoms with Crippen molar-refractivity contribution in [3.63, 3.8) is 0 Å². The topological polar surface area (TPSA) is 63.2 Å². The van der Waals surface area contributed by atoms with Crippen molar-refractivity contribution in [3.8, 4) is 5.75 Å². The molecule has 2 aromatic rings. The number of nitrogens with one attached hydrogen (secondary N) is 2. The van der Waals surface area contributed by atoms with Gasteiger partial charge in [-0.15, -0.1) is 0 Å². The number of methoxy groups -OCH3 is 1. The monoisotopic (exact) mass is 311 g/mol. The Morgan fingerprint density at radius 2 is 2.13 bits per heavy atom. The van der Waals surface area contributed by atoms with E-state index in [1.807, 2.05) is 24.3 Å². The van der Waals surface area contributed by atoms with E-state index in [-0.39, 0.29) is 5.91 Å². The molecule has 3 rings (SSSR count). The van der Waals surface area contributed by atoms with Gasteiger partial charge in [-0.3, -0.25) is 4.79 Å². The molecular formula is C18H21N3O2. The minimum absolute atomic E-state index is 0.0253. The maximum absolute atomic E-state index is 12.0. The largest absolute Gasteiger partial charge is 0.496 e. The fraction of sp³-hybridized carbons (Fsp3) is 0.333. The summed E-state index contributed by atoms with van der Waals surface area (Å²) in [6, 6.07) is 11.9. The Bertz CT molecular complexity index is 683. The van der Waals surface area contributed by atoms with Gasteiger partial charge in [-0.05, 0) is 43.0 Å². The van der Waals surface area contributed by atoms with Gasteiger partial charge in [-0.1, -0.05) is 18.2 Å². The molecule has 5 heteroatoms. The number of carbonyl (C=O) groups is 1. The van der Waals surface area contributed by atoms with Crippen LogP contribution in [0.3, 0.4) is 0 Å². The number of rotatable bonds is 7. The smallest absolute Gasteiger partial charge is 0.251 e. The van der Waals surface area contributed by atoms with Gasteiger partial charge in [0, 0.05) is 24.3 Å². The van der Waals surface area contributed by atoms with Crippen LogP contribution in [0.1, 0.15) is 28.8 Å². The molecule has 0 radical (unpaired) electrons. The Morgan fingerprint density at radius 3 is 2.91 bits per heavy atom. The lowest BCUT2D eigenvalue weighted by Crippen LogP contribution is -2.25.